The van der Waals surface area contributed by atoms with Gasteiger partial charge in [-0.1, -0.05) is 56.3 Å². The normalized spacial score (nSPS) is 18.4. The predicted molar refractivity (Wildman–Crippen MR) is 181 cm³/mol. The predicted octanol–water partition coefficient (Wildman–Crippen LogP) is 5.61. The van der Waals surface area contributed by atoms with Crippen LogP contribution in [0.4, 0.5) is 4.79 Å². The first-order chi connectivity index (χ1) is 23.4. The first-order valence-corrected chi connectivity index (χ1v) is 17.7. The Balaban J connectivity index is 1.18. The Kier molecular flexibility index (Phi) is 9.87. The molecule has 260 valence electrons. The number of nitrogens with zero attached hydrogens (tertiary/aromatic N) is 4. The van der Waals surface area contributed by atoms with E-state index in [1.54, 1.807) is 26.1 Å². The second-order valence-corrected chi connectivity index (χ2v) is 15.1. The van der Waals surface area contributed by atoms with E-state index in [1.165, 1.54) is 21.3 Å². The highest BCUT2D eigenvalue weighted by molar-refractivity contribution is 7.89. The van der Waals surface area contributed by atoms with E-state index in [-0.39, 0.29) is 37.3 Å². The third-order valence-corrected chi connectivity index (χ3v) is 10.5. The summed E-state index contributed by atoms with van der Waals surface area (Å²) in [5.74, 6) is 2.28. The van der Waals surface area contributed by atoms with E-state index in [0.717, 1.165) is 17.0 Å². The monoisotopic (exact) mass is 690 g/mol. The van der Waals surface area contributed by atoms with Gasteiger partial charge in [-0.05, 0) is 61.6 Å². The van der Waals surface area contributed by atoms with Crippen molar-refractivity contribution in [3.8, 4) is 17.2 Å². The summed E-state index contributed by atoms with van der Waals surface area (Å²) >= 11 is 0. The van der Waals surface area contributed by atoms with Crippen LogP contribution in [0.15, 0.2) is 90.1 Å². The topological polar surface area (TPSA) is 133 Å². The summed E-state index contributed by atoms with van der Waals surface area (Å²) in [6.07, 6.45) is 2.10. The van der Waals surface area contributed by atoms with Gasteiger partial charge >= 0.3 is 6.09 Å². The molecule has 0 spiro atoms. The number of hydrogen-bond donors (Lipinski definition) is 1. The van der Waals surface area contributed by atoms with E-state index in [4.69, 9.17) is 18.9 Å². The summed E-state index contributed by atoms with van der Waals surface area (Å²) in [6.45, 7) is 8.41. The van der Waals surface area contributed by atoms with Gasteiger partial charge < -0.3 is 28.6 Å². The van der Waals surface area contributed by atoms with Crippen molar-refractivity contribution in [2.24, 2.45) is 5.92 Å². The Bertz CT molecular complexity index is 1860. The van der Waals surface area contributed by atoms with Gasteiger partial charge in [0.1, 0.15) is 23.9 Å². The van der Waals surface area contributed by atoms with Crippen LogP contribution >= 0.6 is 0 Å². The molecule has 0 radical (unpaired) electrons. The molecule has 1 fully saturated rings. The Hall–Kier alpha value is -4.59. The van der Waals surface area contributed by atoms with Crippen molar-refractivity contribution in [1.29, 1.82) is 0 Å². The Morgan fingerprint density at radius 3 is 2.49 bits per heavy atom. The third-order valence-electron chi connectivity index (χ3n) is 8.65. The summed E-state index contributed by atoms with van der Waals surface area (Å²) in [4.78, 5) is 18.4. The second kappa shape index (κ2) is 14.1. The van der Waals surface area contributed by atoms with Crippen LogP contribution in [-0.2, 0) is 34.3 Å². The fraction of sp³-hybridized carbons (Fsp3) is 0.389. The van der Waals surface area contributed by atoms with E-state index in [2.05, 4.69) is 17.1 Å². The standard InChI is InChI=1S/C36H42N4O8S/c1-25(2)20-39(49(43,44)29-14-15-31-32(19-29)47-24-46-31)22-33-30(40(35(41)42)36(3,4)48-33)18-26-10-12-28(13-11-26)45-23-34-37-16-17-38(34)21-27-8-6-5-7-9-27/h5-17,19,25,30,33H,18,20-24H2,1-4H3,(H,41,42)/t30-,33+/m0/s1. The summed E-state index contributed by atoms with van der Waals surface area (Å²) in [5, 5.41) is 10.3. The molecule has 2 aliphatic rings. The molecule has 1 saturated heterocycles. The molecule has 49 heavy (non-hydrogen) atoms. The minimum absolute atomic E-state index is 0.00355. The van der Waals surface area contributed by atoms with E-state index in [0.29, 0.717) is 30.2 Å². The molecule has 2 aliphatic heterocycles. The van der Waals surface area contributed by atoms with Crippen LogP contribution in [-0.4, -0.2) is 76.1 Å². The molecule has 0 aliphatic carbocycles. The molecule has 0 bridgehead atoms. The molecule has 0 saturated carbocycles. The molecule has 1 aromatic heterocycles. The maximum Gasteiger partial charge on any atom is 0.409 e. The first-order valence-electron chi connectivity index (χ1n) is 16.3. The highest BCUT2D eigenvalue weighted by Crippen LogP contribution is 2.37. The number of fused-ring (bicyclic) bond motifs is 1. The molecule has 4 aromatic rings. The number of carboxylic acid groups (broad SMARTS) is 1. The second-order valence-electron chi connectivity index (χ2n) is 13.1. The van der Waals surface area contributed by atoms with Crippen LogP contribution in [0.1, 0.15) is 44.6 Å². The average Bonchev–Trinajstić information content (AvgIpc) is 3.77. The summed E-state index contributed by atoms with van der Waals surface area (Å²) < 4.78 is 54.7. The van der Waals surface area contributed by atoms with Crippen LogP contribution in [0.2, 0.25) is 0 Å². The van der Waals surface area contributed by atoms with E-state index in [9.17, 15) is 18.3 Å². The fourth-order valence-corrected chi connectivity index (χ4v) is 8.04. The molecule has 6 rings (SSSR count). The lowest BCUT2D eigenvalue weighted by Gasteiger charge is -2.31. The molecule has 13 heteroatoms. The van der Waals surface area contributed by atoms with Gasteiger partial charge in [-0.2, -0.15) is 4.31 Å². The molecule has 2 atom stereocenters. The summed E-state index contributed by atoms with van der Waals surface area (Å²) in [6, 6.07) is 21.5. The molecular weight excluding hydrogens is 648 g/mol. The van der Waals surface area contributed by atoms with Gasteiger partial charge in [0, 0.05) is 38.1 Å². The van der Waals surface area contributed by atoms with Crippen molar-refractivity contribution in [3.63, 3.8) is 0 Å². The van der Waals surface area contributed by atoms with E-state index in [1.807, 2.05) is 67.1 Å². The van der Waals surface area contributed by atoms with Crippen LogP contribution in [0.25, 0.3) is 0 Å². The summed E-state index contributed by atoms with van der Waals surface area (Å²) in [5.41, 5.74) is 0.837. The Morgan fingerprint density at radius 1 is 1.04 bits per heavy atom. The first kappa shape index (κ1) is 34.3. The van der Waals surface area contributed by atoms with Gasteiger partial charge in [-0.3, -0.25) is 4.90 Å². The number of imidazole rings is 1. The smallest absolute Gasteiger partial charge is 0.409 e. The van der Waals surface area contributed by atoms with Crippen LogP contribution < -0.4 is 14.2 Å². The zero-order chi connectivity index (χ0) is 34.8. The van der Waals surface area contributed by atoms with E-state index < -0.39 is 34.0 Å². The maximum absolute atomic E-state index is 14.0. The lowest BCUT2D eigenvalue weighted by atomic mass is 10.00. The highest BCUT2D eigenvalue weighted by atomic mass is 32.2. The molecule has 3 aromatic carbocycles. The van der Waals surface area contributed by atoms with Crippen LogP contribution in [0, 0.1) is 5.92 Å². The molecule has 0 unspecified atom stereocenters. The Morgan fingerprint density at radius 2 is 1.78 bits per heavy atom. The number of hydrogen-bond acceptors (Lipinski definition) is 8. The number of rotatable bonds is 13. The van der Waals surface area contributed by atoms with Crippen molar-refractivity contribution in [1.82, 2.24) is 18.8 Å². The van der Waals surface area contributed by atoms with Gasteiger partial charge in [-0.25, -0.2) is 18.2 Å². The van der Waals surface area contributed by atoms with Gasteiger partial charge in [0.25, 0.3) is 0 Å². The quantitative estimate of drug-likeness (QED) is 0.190. The maximum atomic E-state index is 14.0. The molecule has 1 amide bonds. The van der Waals surface area contributed by atoms with Gasteiger partial charge in [-0.15, -0.1) is 0 Å². The lowest BCUT2D eigenvalue weighted by Crippen LogP contribution is -2.50. The van der Waals surface area contributed by atoms with Crippen molar-refractivity contribution >= 4 is 16.1 Å². The van der Waals surface area contributed by atoms with Crippen LogP contribution in [0.5, 0.6) is 17.2 Å². The summed E-state index contributed by atoms with van der Waals surface area (Å²) in [7, 11) is -4.00. The SMILES string of the molecule is CC(C)CN(C[C@H]1OC(C)(C)N(C(=O)O)[C@H]1Cc1ccc(OCc2nccn2Cc2ccccc2)cc1)S(=O)(=O)c1ccc2c(c1)OCO2. The molecule has 1 N–H and O–H groups in total. The molecular formula is C36H42N4O8S. The van der Waals surface area contributed by atoms with Crippen molar-refractivity contribution in [3.05, 3.63) is 102 Å². The van der Waals surface area contributed by atoms with Crippen LogP contribution in [0.3, 0.4) is 0 Å². The number of ether oxygens (including phenoxy) is 4. The molecule has 3 heterocycles. The van der Waals surface area contributed by atoms with Crippen molar-refractivity contribution in [2.45, 2.75) is 70.0 Å². The van der Waals surface area contributed by atoms with Gasteiger partial charge in [0.05, 0.1) is 17.0 Å². The number of aromatic nitrogens is 2. The van der Waals surface area contributed by atoms with Gasteiger partial charge in [0.15, 0.2) is 11.5 Å². The van der Waals surface area contributed by atoms with E-state index >= 15 is 0 Å². The van der Waals surface area contributed by atoms with Crippen molar-refractivity contribution < 1.29 is 37.3 Å². The Labute approximate surface area is 286 Å². The number of sulfonamides is 1. The number of amides is 1. The average molecular weight is 691 g/mol. The number of benzene rings is 3. The zero-order valence-electron chi connectivity index (χ0n) is 28.1. The zero-order valence-corrected chi connectivity index (χ0v) is 28.9. The molecule has 12 nitrogen and oxygen atoms in total. The largest absolute Gasteiger partial charge is 0.486 e. The number of carbonyl (C=O) groups is 1. The highest BCUT2D eigenvalue weighted by Gasteiger charge is 2.51. The lowest BCUT2D eigenvalue weighted by molar-refractivity contribution is -0.0690. The minimum atomic E-state index is -4.00. The fourth-order valence-electron chi connectivity index (χ4n) is 6.41. The third kappa shape index (κ3) is 7.69. The van der Waals surface area contributed by atoms with Crippen molar-refractivity contribution in [2.75, 3.05) is 19.9 Å². The van der Waals surface area contributed by atoms with Gasteiger partial charge in [0.2, 0.25) is 16.8 Å². The minimum Gasteiger partial charge on any atom is -0.486 e.